The van der Waals surface area contributed by atoms with Crippen molar-refractivity contribution < 1.29 is 18.7 Å². The Kier molecular flexibility index (Phi) is 5.54. The molecule has 1 N–H and O–H groups in total. The summed E-state index contributed by atoms with van der Waals surface area (Å²) in [5.74, 6) is -0.412. The summed E-state index contributed by atoms with van der Waals surface area (Å²) in [7, 11) is 1.75. The molecule has 2 amide bonds. The van der Waals surface area contributed by atoms with Gasteiger partial charge in [-0.05, 0) is 48.7 Å². The second-order valence-corrected chi connectivity index (χ2v) is 8.80. The molecule has 0 unspecified atom stereocenters. The van der Waals surface area contributed by atoms with E-state index in [9.17, 15) is 14.0 Å². The first-order chi connectivity index (χ1) is 15.9. The number of aromatic nitrogens is 2. The zero-order valence-electron chi connectivity index (χ0n) is 18.0. The average molecular weight is 469 g/mol. The second-order valence-electron chi connectivity index (χ2n) is 8.36. The van der Waals surface area contributed by atoms with Gasteiger partial charge in [0.05, 0.1) is 5.69 Å². The van der Waals surface area contributed by atoms with Crippen LogP contribution >= 0.6 is 11.6 Å². The van der Waals surface area contributed by atoms with Crippen LogP contribution in [0.15, 0.2) is 42.5 Å². The molecule has 2 heterocycles. The van der Waals surface area contributed by atoms with Gasteiger partial charge in [-0.1, -0.05) is 23.7 Å². The number of carbonyl (C=O) groups excluding carboxylic acids is 2. The molecule has 1 aliphatic heterocycles. The SMILES string of the molecule is Cn1nc(C(=O)N(CC(=O)NC2CC2)Cc2cccc(F)c2)c2c1-c1cc(Cl)ccc1OC2. The molecular weight excluding hydrogens is 447 g/mol. The zero-order chi connectivity index (χ0) is 23.1. The van der Waals surface area contributed by atoms with Gasteiger partial charge in [-0.3, -0.25) is 14.3 Å². The minimum absolute atomic E-state index is 0.0727. The lowest BCUT2D eigenvalue weighted by Gasteiger charge is -2.23. The molecule has 1 aromatic heterocycles. The highest BCUT2D eigenvalue weighted by Gasteiger charge is 2.32. The van der Waals surface area contributed by atoms with Gasteiger partial charge in [-0.2, -0.15) is 5.10 Å². The van der Waals surface area contributed by atoms with Crippen LogP contribution in [0.4, 0.5) is 4.39 Å². The molecular formula is C24H22ClFN4O3. The summed E-state index contributed by atoms with van der Waals surface area (Å²) in [5, 5.41) is 7.93. The van der Waals surface area contributed by atoms with Gasteiger partial charge < -0.3 is 15.0 Å². The summed E-state index contributed by atoms with van der Waals surface area (Å²) in [4.78, 5) is 27.6. The number of rotatable bonds is 6. The van der Waals surface area contributed by atoms with Crippen molar-refractivity contribution in [2.45, 2.75) is 32.0 Å². The molecule has 5 rings (SSSR count). The molecule has 0 radical (unpaired) electrons. The van der Waals surface area contributed by atoms with Crippen LogP contribution < -0.4 is 10.1 Å². The van der Waals surface area contributed by atoms with E-state index in [-0.39, 0.29) is 37.3 Å². The van der Waals surface area contributed by atoms with Gasteiger partial charge in [0.1, 0.15) is 24.7 Å². The van der Waals surface area contributed by atoms with Crippen molar-refractivity contribution in [3.05, 3.63) is 70.1 Å². The maximum Gasteiger partial charge on any atom is 0.275 e. The molecule has 1 fully saturated rings. The summed E-state index contributed by atoms with van der Waals surface area (Å²) in [5.41, 5.74) is 2.91. The Balaban J connectivity index is 1.49. The molecule has 170 valence electrons. The Hall–Kier alpha value is -3.39. The molecule has 0 bridgehead atoms. The lowest BCUT2D eigenvalue weighted by molar-refractivity contribution is -0.122. The van der Waals surface area contributed by atoms with Crippen LogP contribution in [-0.4, -0.2) is 39.1 Å². The smallest absolute Gasteiger partial charge is 0.275 e. The number of halogens is 2. The van der Waals surface area contributed by atoms with Crippen LogP contribution in [0.5, 0.6) is 5.75 Å². The Morgan fingerprint density at radius 3 is 2.85 bits per heavy atom. The van der Waals surface area contributed by atoms with Crippen molar-refractivity contribution in [3.63, 3.8) is 0 Å². The van der Waals surface area contributed by atoms with Crippen LogP contribution in [-0.2, 0) is 25.0 Å². The fourth-order valence-corrected chi connectivity index (χ4v) is 4.23. The van der Waals surface area contributed by atoms with Crippen molar-refractivity contribution >= 4 is 23.4 Å². The summed E-state index contributed by atoms with van der Waals surface area (Å²) >= 11 is 6.19. The Labute approximate surface area is 195 Å². The summed E-state index contributed by atoms with van der Waals surface area (Å²) in [6, 6.07) is 11.5. The third-order valence-electron chi connectivity index (χ3n) is 5.74. The number of nitrogens with zero attached hydrogens (tertiary/aromatic N) is 3. The van der Waals surface area contributed by atoms with Crippen molar-refractivity contribution in [3.8, 4) is 17.0 Å². The van der Waals surface area contributed by atoms with Gasteiger partial charge in [0.15, 0.2) is 5.69 Å². The van der Waals surface area contributed by atoms with E-state index in [1.165, 1.54) is 17.0 Å². The molecule has 0 saturated heterocycles. The standard InChI is InChI=1S/C24H22ClFN4O3/c1-29-23-18-10-15(25)5-8-20(18)33-13-19(23)22(28-29)24(32)30(12-21(31)27-17-6-7-17)11-14-3-2-4-16(26)9-14/h2-5,8-10,17H,6-7,11-13H2,1H3,(H,27,31). The quantitative estimate of drug-likeness (QED) is 0.598. The molecule has 0 spiro atoms. The van der Waals surface area contributed by atoms with Crippen molar-refractivity contribution in [1.82, 2.24) is 20.0 Å². The zero-order valence-corrected chi connectivity index (χ0v) is 18.7. The summed E-state index contributed by atoms with van der Waals surface area (Å²) < 4.78 is 21.2. The van der Waals surface area contributed by atoms with Crippen LogP contribution in [0, 0.1) is 5.82 Å². The number of hydrogen-bond donors (Lipinski definition) is 1. The molecule has 0 atom stereocenters. The van der Waals surface area contributed by atoms with Gasteiger partial charge in [-0.15, -0.1) is 0 Å². The number of hydrogen-bond acceptors (Lipinski definition) is 4. The number of ether oxygens (including phenoxy) is 1. The normalized spacial score (nSPS) is 14.2. The van der Waals surface area contributed by atoms with Crippen molar-refractivity contribution in [1.29, 1.82) is 0 Å². The van der Waals surface area contributed by atoms with Gasteiger partial charge in [0.2, 0.25) is 5.91 Å². The van der Waals surface area contributed by atoms with Crippen LogP contribution in [0.1, 0.15) is 34.5 Å². The fraction of sp³-hybridized carbons (Fsp3) is 0.292. The van der Waals surface area contributed by atoms with E-state index in [2.05, 4.69) is 10.4 Å². The maximum atomic E-state index is 13.8. The maximum absolute atomic E-state index is 13.8. The largest absolute Gasteiger partial charge is 0.488 e. The van der Waals surface area contributed by atoms with Crippen molar-refractivity contribution in [2.24, 2.45) is 7.05 Å². The van der Waals surface area contributed by atoms with Gasteiger partial charge in [0, 0.05) is 35.8 Å². The van der Waals surface area contributed by atoms with E-state index in [4.69, 9.17) is 16.3 Å². The fourth-order valence-electron chi connectivity index (χ4n) is 4.06. The van der Waals surface area contributed by atoms with Crippen LogP contribution in [0.2, 0.25) is 5.02 Å². The number of aryl methyl sites for hydroxylation is 1. The van der Waals surface area contributed by atoms with Gasteiger partial charge in [0.25, 0.3) is 5.91 Å². The predicted molar refractivity (Wildman–Crippen MR) is 120 cm³/mol. The molecule has 33 heavy (non-hydrogen) atoms. The third-order valence-corrected chi connectivity index (χ3v) is 5.98. The average Bonchev–Trinajstić information content (AvgIpc) is 3.52. The van der Waals surface area contributed by atoms with E-state index in [0.717, 1.165) is 24.1 Å². The Morgan fingerprint density at radius 1 is 1.27 bits per heavy atom. The lowest BCUT2D eigenvalue weighted by atomic mass is 10.0. The second kappa shape index (κ2) is 8.51. The molecule has 2 aliphatic rings. The first kappa shape index (κ1) is 21.5. The molecule has 9 heteroatoms. The number of benzene rings is 2. The Morgan fingerprint density at radius 2 is 2.09 bits per heavy atom. The highest BCUT2D eigenvalue weighted by molar-refractivity contribution is 6.31. The first-order valence-corrected chi connectivity index (χ1v) is 11.1. The van der Waals surface area contributed by atoms with Crippen LogP contribution in [0.3, 0.4) is 0 Å². The van der Waals surface area contributed by atoms with Gasteiger partial charge in [-0.25, -0.2) is 4.39 Å². The molecule has 1 saturated carbocycles. The molecule has 1 aliphatic carbocycles. The lowest BCUT2D eigenvalue weighted by Crippen LogP contribution is -2.41. The number of carbonyl (C=O) groups is 2. The molecule has 2 aromatic carbocycles. The first-order valence-electron chi connectivity index (χ1n) is 10.7. The van der Waals surface area contributed by atoms with E-state index in [1.807, 2.05) is 0 Å². The number of amides is 2. The third kappa shape index (κ3) is 4.43. The van der Waals surface area contributed by atoms with Crippen molar-refractivity contribution in [2.75, 3.05) is 6.54 Å². The highest BCUT2D eigenvalue weighted by atomic mass is 35.5. The minimum Gasteiger partial charge on any atom is -0.488 e. The molecule has 3 aromatic rings. The Bertz CT molecular complexity index is 1250. The number of fused-ring (bicyclic) bond motifs is 3. The topological polar surface area (TPSA) is 76.5 Å². The highest BCUT2D eigenvalue weighted by Crippen LogP contribution is 2.40. The molecule has 7 nitrogen and oxygen atoms in total. The summed E-state index contributed by atoms with van der Waals surface area (Å²) in [6.07, 6.45) is 1.88. The number of nitrogens with one attached hydrogen (secondary N) is 1. The predicted octanol–water partition coefficient (Wildman–Crippen LogP) is 3.69. The van der Waals surface area contributed by atoms with E-state index in [1.54, 1.807) is 42.1 Å². The van der Waals surface area contributed by atoms with Gasteiger partial charge >= 0.3 is 0 Å². The van der Waals surface area contributed by atoms with Crippen LogP contribution in [0.25, 0.3) is 11.3 Å². The minimum atomic E-state index is -0.420. The summed E-state index contributed by atoms with van der Waals surface area (Å²) in [6.45, 7) is 0.0880. The monoisotopic (exact) mass is 468 g/mol. The van der Waals surface area contributed by atoms with E-state index >= 15 is 0 Å². The van der Waals surface area contributed by atoms with E-state index in [0.29, 0.717) is 21.9 Å². The van der Waals surface area contributed by atoms with E-state index < -0.39 is 11.7 Å².